The number of rotatable bonds is 4. The maximum Gasteiger partial charge on any atom is 0.238 e. The third kappa shape index (κ3) is 2.77. The van der Waals surface area contributed by atoms with Crippen LogP contribution in [0, 0.1) is 5.41 Å². The number of methoxy groups -OCH3 is 1. The molecular formula is C15H25N3O. The standard InChI is InChI=1S/C15H25N3O/c1-4-15(5-2)8-10-18(11-9-15)13-7-6-12(16)14(17-13)19-3/h6-7H,4-5,8-11,16H2,1-3H3. The zero-order valence-corrected chi connectivity index (χ0v) is 12.3. The normalized spacial score (nSPS) is 18.4. The summed E-state index contributed by atoms with van der Waals surface area (Å²) in [5.41, 5.74) is 6.94. The van der Waals surface area contributed by atoms with Gasteiger partial charge >= 0.3 is 0 Å². The molecule has 0 amide bonds. The zero-order valence-electron chi connectivity index (χ0n) is 12.3. The second kappa shape index (κ2) is 5.68. The Kier molecular flexibility index (Phi) is 4.17. The Hall–Kier alpha value is -1.45. The molecule has 0 bridgehead atoms. The molecule has 1 aromatic heterocycles. The average molecular weight is 263 g/mol. The van der Waals surface area contributed by atoms with E-state index in [1.54, 1.807) is 7.11 Å². The Bertz CT molecular complexity index is 419. The molecule has 2 heterocycles. The summed E-state index contributed by atoms with van der Waals surface area (Å²) in [5.74, 6) is 1.51. The van der Waals surface area contributed by atoms with Crippen LogP contribution in [0.4, 0.5) is 11.5 Å². The van der Waals surface area contributed by atoms with Crippen LogP contribution in [0.3, 0.4) is 0 Å². The fourth-order valence-corrected chi connectivity index (χ4v) is 2.95. The third-order valence-electron chi connectivity index (χ3n) is 4.72. The minimum atomic E-state index is 0.528. The van der Waals surface area contributed by atoms with Crippen molar-refractivity contribution in [2.75, 3.05) is 30.8 Å². The van der Waals surface area contributed by atoms with Crippen molar-refractivity contribution in [3.63, 3.8) is 0 Å². The monoisotopic (exact) mass is 263 g/mol. The van der Waals surface area contributed by atoms with E-state index in [9.17, 15) is 0 Å². The number of nitrogen functional groups attached to an aromatic ring is 1. The van der Waals surface area contributed by atoms with E-state index < -0.39 is 0 Å². The molecule has 19 heavy (non-hydrogen) atoms. The minimum absolute atomic E-state index is 0.528. The van der Waals surface area contributed by atoms with Gasteiger partial charge in [-0.05, 0) is 30.4 Å². The molecule has 0 aliphatic carbocycles. The van der Waals surface area contributed by atoms with E-state index in [1.807, 2.05) is 12.1 Å². The summed E-state index contributed by atoms with van der Waals surface area (Å²) >= 11 is 0. The first-order chi connectivity index (χ1) is 9.14. The van der Waals surface area contributed by atoms with Crippen molar-refractivity contribution in [1.29, 1.82) is 0 Å². The quantitative estimate of drug-likeness (QED) is 0.907. The second-order valence-corrected chi connectivity index (χ2v) is 5.46. The van der Waals surface area contributed by atoms with Gasteiger partial charge in [0.15, 0.2) is 0 Å². The highest BCUT2D eigenvalue weighted by Crippen LogP contribution is 2.39. The van der Waals surface area contributed by atoms with Gasteiger partial charge in [0.2, 0.25) is 5.88 Å². The molecule has 0 saturated carbocycles. The molecule has 0 aromatic carbocycles. The summed E-state index contributed by atoms with van der Waals surface area (Å²) in [5, 5.41) is 0. The average Bonchev–Trinajstić information content (AvgIpc) is 2.48. The number of piperidine rings is 1. The van der Waals surface area contributed by atoms with Gasteiger partial charge in [0.25, 0.3) is 0 Å². The number of nitrogens with two attached hydrogens (primary N) is 1. The van der Waals surface area contributed by atoms with Crippen LogP contribution < -0.4 is 15.4 Å². The predicted molar refractivity (Wildman–Crippen MR) is 79.7 cm³/mol. The summed E-state index contributed by atoms with van der Waals surface area (Å²) in [4.78, 5) is 6.83. The van der Waals surface area contributed by atoms with Gasteiger partial charge in [-0.1, -0.05) is 26.7 Å². The lowest BCUT2D eigenvalue weighted by Gasteiger charge is -2.41. The highest BCUT2D eigenvalue weighted by atomic mass is 16.5. The topological polar surface area (TPSA) is 51.4 Å². The third-order valence-corrected chi connectivity index (χ3v) is 4.72. The van der Waals surface area contributed by atoms with Crippen molar-refractivity contribution in [3.05, 3.63) is 12.1 Å². The summed E-state index contributed by atoms with van der Waals surface area (Å²) in [6.07, 6.45) is 5.04. The molecule has 0 spiro atoms. The van der Waals surface area contributed by atoms with E-state index >= 15 is 0 Å². The number of hydrogen-bond acceptors (Lipinski definition) is 4. The van der Waals surface area contributed by atoms with Gasteiger partial charge in [0, 0.05) is 13.1 Å². The van der Waals surface area contributed by atoms with Crippen LogP contribution in [-0.4, -0.2) is 25.2 Å². The molecule has 1 aliphatic heterocycles. The van der Waals surface area contributed by atoms with E-state index in [4.69, 9.17) is 10.5 Å². The summed E-state index contributed by atoms with van der Waals surface area (Å²) in [6.45, 7) is 6.76. The lowest BCUT2D eigenvalue weighted by atomic mass is 9.74. The van der Waals surface area contributed by atoms with Gasteiger partial charge < -0.3 is 15.4 Å². The summed E-state index contributed by atoms with van der Waals surface area (Å²) < 4.78 is 5.20. The molecular weight excluding hydrogens is 238 g/mol. The van der Waals surface area contributed by atoms with Crippen molar-refractivity contribution in [2.24, 2.45) is 5.41 Å². The first-order valence-electron chi connectivity index (χ1n) is 7.19. The number of ether oxygens (including phenoxy) is 1. The molecule has 1 aliphatic rings. The van der Waals surface area contributed by atoms with Gasteiger partial charge in [-0.2, -0.15) is 4.98 Å². The highest BCUT2D eigenvalue weighted by Gasteiger charge is 2.31. The molecule has 1 aromatic rings. The van der Waals surface area contributed by atoms with E-state index in [0.29, 0.717) is 17.0 Å². The molecule has 4 nitrogen and oxygen atoms in total. The maximum atomic E-state index is 5.81. The van der Waals surface area contributed by atoms with Gasteiger partial charge in [0.1, 0.15) is 5.82 Å². The molecule has 1 saturated heterocycles. The van der Waals surface area contributed by atoms with E-state index in [2.05, 4.69) is 23.7 Å². The summed E-state index contributed by atoms with van der Waals surface area (Å²) in [7, 11) is 1.61. The first kappa shape index (κ1) is 14.0. The van der Waals surface area contributed by atoms with Crippen LogP contribution in [0.1, 0.15) is 39.5 Å². The Morgan fingerprint density at radius 3 is 2.42 bits per heavy atom. The number of nitrogens with zero attached hydrogens (tertiary/aromatic N) is 2. The predicted octanol–water partition coefficient (Wildman–Crippen LogP) is 3.08. The van der Waals surface area contributed by atoms with E-state index in [1.165, 1.54) is 25.7 Å². The molecule has 2 N–H and O–H groups in total. The smallest absolute Gasteiger partial charge is 0.238 e. The number of hydrogen-bond donors (Lipinski definition) is 1. The molecule has 1 fully saturated rings. The minimum Gasteiger partial charge on any atom is -0.479 e. The van der Waals surface area contributed by atoms with Crippen molar-refractivity contribution in [3.8, 4) is 5.88 Å². The Morgan fingerprint density at radius 2 is 1.89 bits per heavy atom. The second-order valence-electron chi connectivity index (χ2n) is 5.46. The van der Waals surface area contributed by atoms with Gasteiger partial charge in [-0.25, -0.2) is 0 Å². The molecule has 4 heteroatoms. The first-order valence-corrected chi connectivity index (χ1v) is 7.19. The largest absolute Gasteiger partial charge is 0.479 e. The van der Waals surface area contributed by atoms with Crippen LogP contribution in [-0.2, 0) is 0 Å². The summed E-state index contributed by atoms with van der Waals surface area (Å²) in [6, 6.07) is 3.87. The van der Waals surface area contributed by atoms with Crippen LogP contribution in [0.5, 0.6) is 5.88 Å². The fraction of sp³-hybridized carbons (Fsp3) is 0.667. The van der Waals surface area contributed by atoms with Crippen molar-refractivity contribution in [1.82, 2.24) is 4.98 Å². The van der Waals surface area contributed by atoms with Gasteiger partial charge in [-0.15, -0.1) is 0 Å². The van der Waals surface area contributed by atoms with E-state index in [-0.39, 0.29) is 0 Å². The van der Waals surface area contributed by atoms with Crippen LogP contribution in [0.2, 0.25) is 0 Å². The number of pyridine rings is 1. The molecule has 0 radical (unpaired) electrons. The van der Waals surface area contributed by atoms with Crippen LogP contribution >= 0.6 is 0 Å². The Morgan fingerprint density at radius 1 is 1.26 bits per heavy atom. The maximum absolute atomic E-state index is 5.81. The van der Waals surface area contributed by atoms with Gasteiger partial charge in [0.05, 0.1) is 12.8 Å². The van der Waals surface area contributed by atoms with Gasteiger partial charge in [-0.3, -0.25) is 0 Å². The SMILES string of the molecule is CCC1(CC)CCN(c2ccc(N)c(OC)n2)CC1. The molecule has 106 valence electrons. The fourth-order valence-electron chi connectivity index (χ4n) is 2.95. The van der Waals surface area contributed by atoms with E-state index in [0.717, 1.165) is 18.9 Å². The van der Waals surface area contributed by atoms with Crippen LogP contribution in [0.15, 0.2) is 12.1 Å². The van der Waals surface area contributed by atoms with Crippen molar-refractivity contribution >= 4 is 11.5 Å². The number of anilines is 2. The molecule has 2 rings (SSSR count). The molecule has 0 atom stereocenters. The Labute approximate surface area is 116 Å². The van der Waals surface area contributed by atoms with Crippen molar-refractivity contribution < 1.29 is 4.74 Å². The zero-order chi connectivity index (χ0) is 13.9. The lowest BCUT2D eigenvalue weighted by Crippen LogP contribution is -2.40. The van der Waals surface area contributed by atoms with Crippen molar-refractivity contribution in [2.45, 2.75) is 39.5 Å². The lowest BCUT2D eigenvalue weighted by molar-refractivity contribution is 0.199. The van der Waals surface area contributed by atoms with Crippen LogP contribution in [0.25, 0.3) is 0 Å². The molecule has 0 unspecified atom stereocenters. The number of aromatic nitrogens is 1. The Balaban J connectivity index is 2.09. The highest BCUT2D eigenvalue weighted by molar-refractivity contribution is 5.54.